The lowest BCUT2D eigenvalue weighted by Gasteiger charge is -2.10. The van der Waals surface area contributed by atoms with Crippen LogP contribution < -0.4 is 5.32 Å². The van der Waals surface area contributed by atoms with E-state index in [9.17, 15) is 9.59 Å². The van der Waals surface area contributed by atoms with Crippen LogP contribution in [0, 0.1) is 5.92 Å². The zero-order valence-corrected chi connectivity index (χ0v) is 14.2. The van der Waals surface area contributed by atoms with Crippen LogP contribution >= 0.6 is 11.6 Å². The maximum absolute atomic E-state index is 12.4. The standard InChI is InChI=1S/C18H18ClN3O2/c1-22(2)18(24)15-4-3-5-16(20-15)21-17(23)14-10-13(14)11-6-8-12(19)9-7-11/h3-9,13-14H,10H2,1-2H3,(H,20,21,23). The van der Waals surface area contributed by atoms with E-state index in [2.05, 4.69) is 10.3 Å². The third-order valence-corrected chi connectivity index (χ3v) is 4.30. The number of carbonyl (C=O) groups excluding carboxylic acids is 2. The van der Waals surface area contributed by atoms with E-state index in [1.54, 1.807) is 32.3 Å². The minimum absolute atomic E-state index is 0.0684. The second kappa shape index (κ2) is 6.61. The SMILES string of the molecule is CN(C)C(=O)c1cccc(NC(=O)C2CC2c2ccc(Cl)cc2)n1. The van der Waals surface area contributed by atoms with Gasteiger partial charge in [-0.1, -0.05) is 29.8 Å². The van der Waals surface area contributed by atoms with E-state index in [0.29, 0.717) is 16.5 Å². The summed E-state index contributed by atoms with van der Waals surface area (Å²) in [6, 6.07) is 12.6. The van der Waals surface area contributed by atoms with Gasteiger partial charge in [-0.25, -0.2) is 4.98 Å². The molecule has 0 saturated heterocycles. The molecule has 5 nitrogen and oxygen atoms in total. The number of nitrogens with one attached hydrogen (secondary N) is 1. The van der Waals surface area contributed by atoms with Gasteiger partial charge < -0.3 is 10.2 Å². The Bertz CT molecular complexity index is 774. The highest BCUT2D eigenvalue weighted by atomic mass is 35.5. The second-order valence-corrected chi connectivity index (χ2v) is 6.53. The number of rotatable bonds is 4. The molecule has 0 radical (unpaired) electrons. The summed E-state index contributed by atoms with van der Waals surface area (Å²) in [6.07, 6.45) is 0.809. The molecule has 1 N–H and O–H groups in total. The zero-order chi connectivity index (χ0) is 17.3. The average molecular weight is 344 g/mol. The largest absolute Gasteiger partial charge is 0.343 e. The lowest BCUT2D eigenvalue weighted by Crippen LogP contribution is -2.23. The van der Waals surface area contributed by atoms with Crippen LogP contribution in [0.5, 0.6) is 0 Å². The van der Waals surface area contributed by atoms with E-state index in [4.69, 9.17) is 11.6 Å². The zero-order valence-electron chi connectivity index (χ0n) is 13.5. The maximum atomic E-state index is 12.4. The molecule has 1 aromatic heterocycles. The van der Waals surface area contributed by atoms with Crippen LogP contribution in [0.25, 0.3) is 0 Å². The Labute approximate surface area is 145 Å². The van der Waals surface area contributed by atoms with Crippen molar-refractivity contribution in [3.63, 3.8) is 0 Å². The Kier molecular flexibility index (Phi) is 4.53. The van der Waals surface area contributed by atoms with Crippen LogP contribution in [0.1, 0.15) is 28.4 Å². The molecule has 1 saturated carbocycles. The summed E-state index contributed by atoms with van der Waals surface area (Å²) in [5.74, 6) is 0.276. The molecule has 24 heavy (non-hydrogen) atoms. The normalized spacial score (nSPS) is 18.8. The van der Waals surface area contributed by atoms with Gasteiger partial charge >= 0.3 is 0 Å². The smallest absolute Gasteiger partial charge is 0.272 e. The van der Waals surface area contributed by atoms with Gasteiger partial charge in [0.2, 0.25) is 5.91 Å². The van der Waals surface area contributed by atoms with Crippen molar-refractivity contribution in [2.24, 2.45) is 5.92 Å². The lowest BCUT2D eigenvalue weighted by molar-refractivity contribution is -0.117. The summed E-state index contributed by atoms with van der Waals surface area (Å²) < 4.78 is 0. The molecule has 0 aliphatic heterocycles. The van der Waals surface area contributed by atoms with Crippen molar-refractivity contribution in [2.75, 3.05) is 19.4 Å². The van der Waals surface area contributed by atoms with Crippen LogP contribution in [0.4, 0.5) is 5.82 Å². The number of aromatic nitrogens is 1. The minimum Gasteiger partial charge on any atom is -0.343 e. The van der Waals surface area contributed by atoms with Gasteiger partial charge in [0.15, 0.2) is 0 Å². The van der Waals surface area contributed by atoms with Crippen LogP contribution in [-0.2, 0) is 4.79 Å². The molecule has 2 unspecified atom stereocenters. The van der Waals surface area contributed by atoms with Gasteiger partial charge in [-0.15, -0.1) is 0 Å². The highest BCUT2D eigenvalue weighted by molar-refractivity contribution is 6.30. The molecule has 6 heteroatoms. The number of pyridine rings is 1. The van der Waals surface area contributed by atoms with Crippen molar-refractivity contribution >= 4 is 29.2 Å². The van der Waals surface area contributed by atoms with E-state index in [0.717, 1.165) is 12.0 Å². The quantitative estimate of drug-likeness (QED) is 0.927. The van der Waals surface area contributed by atoms with Gasteiger partial charge in [0.25, 0.3) is 5.91 Å². The van der Waals surface area contributed by atoms with Gasteiger partial charge in [0, 0.05) is 25.0 Å². The summed E-state index contributed by atoms with van der Waals surface area (Å²) in [5.41, 5.74) is 1.42. The number of hydrogen-bond acceptors (Lipinski definition) is 3. The summed E-state index contributed by atoms with van der Waals surface area (Å²) >= 11 is 5.89. The molecule has 1 fully saturated rings. The van der Waals surface area contributed by atoms with Crippen molar-refractivity contribution < 1.29 is 9.59 Å². The minimum atomic E-state index is -0.198. The maximum Gasteiger partial charge on any atom is 0.272 e. The predicted octanol–water partition coefficient (Wildman–Crippen LogP) is 3.18. The van der Waals surface area contributed by atoms with Crippen molar-refractivity contribution in [2.45, 2.75) is 12.3 Å². The van der Waals surface area contributed by atoms with Gasteiger partial charge in [-0.05, 0) is 42.2 Å². The topological polar surface area (TPSA) is 62.3 Å². The van der Waals surface area contributed by atoms with Crippen LogP contribution in [0.3, 0.4) is 0 Å². The summed E-state index contributed by atoms with van der Waals surface area (Å²) in [6.45, 7) is 0. The molecule has 2 atom stereocenters. The fourth-order valence-corrected chi connectivity index (χ4v) is 2.76. The highest BCUT2D eigenvalue weighted by Gasteiger charge is 2.44. The summed E-state index contributed by atoms with van der Waals surface area (Å²) in [7, 11) is 3.33. The predicted molar refractivity (Wildman–Crippen MR) is 93.2 cm³/mol. The molecule has 1 aliphatic rings. The number of anilines is 1. The van der Waals surface area contributed by atoms with Crippen molar-refractivity contribution in [1.29, 1.82) is 0 Å². The Morgan fingerprint density at radius 3 is 2.54 bits per heavy atom. The Morgan fingerprint density at radius 1 is 1.17 bits per heavy atom. The molecule has 1 aromatic carbocycles. The molecule has 2 aromatic rings. The second-order valence-electron chi connectivity index (χ2n) is 6.10. The molecule has 1 aliphatic carbocycles. The lowest BCUT2D eigenvalue weighted by atomic mass is 10.1. The van der Waals surface area contributed by atoms with E-state index >= 15 is 0 Å². The Hall–Kier alpha value is -2.40. The molecule has 2 amide bonds. The summed E-state index contributed by atoms with van der Waals surface area (Å²) in [4.78, 5) is 30.0. The molecule has 0 spiro atoms. The Balaban J connectivity index is 1.65. The van der Waals surface area contributed by atoms with Gasteiger partial charge in [-0.3, -0.25) is 9.59 Å². The van der Waals surface area contributed by atoms with Gasteiger partial charge in [0.05, 0.1) is 0 Å². The van der Waals surface area contributed by atoms with Crippen molar-refractivity contribution in [3.05, 3.63) is 58.7 Å². The van der Waals surface area contributed by atoms with Crippen molar-refractivity contribution in [1.82, 2.24) is 9.88 Å². The van der Waals surface area contributed by atoms with Crippen LogP contribution in [0.15, 0.2) is 42.5 Å². The monoisotopic (exact) mass is 343 g/mol. The third-order valence-electron chi connectivity index (χ3n) is 4.05. The van der Waals surface area contributed by atoms with Crippen molar-refractivity contribution in [3.8, 4) is 0 Å². The molecular formula is C18H18ClN3O2. The first-order valence-corrected chi connectivity index (χ1v) is 8.08. The van der Waals surface area contributed by atoms with Gasteiger partial charge in [0.1, 0.15) is 11.5 Å². The Morgan fingerprint density at radius 2 is 1.88 bits per heavy atom. The van der Waals surface area contributed by atoms with E-state index in [1.165, 1.54) is 4.90 Å². The van der Waals surface area contributed by atoms with E-state index in [1.807, 2.05) is 24.3 Å². The summed E-state index contributed by atoms with van der Waals surface area (Å²) in [5, 5.41) is 3.49. The van der Waals surface area contributed by atoms with E-state index < -0.39 is 0 Å². The first-order chi connectivity index (χ1) is 11.5. The number of hydrogen-bond donors (Lipinski definition) is 1. The number of nitrogens with zero attached hydrogens (tertiary/aromatic N) is 2. The number of amides is 2. The first-order valence-electron chi connectivity index (χ1n) is 7.71. The fourth-order valence-electron chi connectivity index (χ4n) is 2.63. The molecular weight excluding hydrogens is 326 g/mol. The fraction of sp³-hybridized carbons (Fsp3) is 0.278. The first kappa shape index (κ1) is 16.5. The van der Waals surface area contributed by atoms with Gasteiger partial charge in [-0.2, -0.15) is 0 Å². The third kappa shape index (κ3) is 3.57. The van der Waals surface area contributed by atoms with Crippen LogP contribution in [0.2, 0.25) is 5.02 Å². The molecule has 1 heterocycles. The van der Waals surface area contributed by atoms with Crippen LogP contribution in [-0.4, -0.2) is 35.8 Å². The number of benzene rings is 1. The molecule has 0 bridgehead atoms. The average Bonchev–Trinajstić information content (AvgIpc) is 3.35. The molecule has 3 rings (SSSR count). The van der Waals surface area contributed by atoms with E-state index in [-0.39, 0.29) is 23.7 Å². The number of halogens is 1. The molecule has 124 valence electrons. The number of carbonyl (C=O) groups is 2. The highest BCUT2D eigenvalue weighted by Crippen LogP contribution is 2.48.